The fourth-order valence-electron chi connectivity index (χ4n) is 1.66. The van der Waals surface area contributed by atoms with Crippen LogP contribution in [0.3, 0.4) is 0 Å². The Bertz CT molecular complexity index is 350. The standard InChI is InChI=1S/C13H18F2O/c1-3-4-5-6-13(16)10-8-11(14)9(2)7-12(10)15/h7-8,13,16H,3-6H2,1-2H3. The number of unbranched alkanes of at least 4 members (excludes halogenated alkanes) is 2. The van der Waals surface area contributed by atoms with Gasteiger partial charge in [-0.15, -0.1) is 0 Å². The van der Waals surface area contributed by atoms with E-state index in [1.807, 2.05) is 0 Å². The van der Waals surface area contributed by atoms with Crippen LogP contribution in [0.5, 0.6) is 0 Å². The normalized spacial score (nSPS) is 12.8. The van der Waals surface area contributed by atoms with Gasteiger partial charge in [0.2, 0.25) is 0 Å². The van der Waals surface area contributed by atoms with E-state index >= 15 is 0 Å². The lowest BCUT2D eigenvalue weighted by Gasteiger charge is -2.12. The van der Waals surface area contributed by atoms with Crippen molar-refractivity contribution in [1.82, 2.24) is 0 Å². The summed E-state index contributed by atoms with van der Waals surface area (Å²) in [6.07, 6.45) is 2.44. The van der Waals surface area contributed by atoms with Gasteiger partial charge in [-0.3, -0.25) is 0 Å². The minimum absolute atomic E-state index is 0.0687. The molecule has 1 aromatic carbocycles. The summed E-state index contributed by atoms with van der Waals surface area (Å²) in [4.78, 5) is 0. The number of hydrogen-bond donors (Lipinski definition) is 1. The maximum atomic E-state index is 13.5. The Morgan fingerprint density at radius 3 is 2.50 bits per heavy atom. The van der Waals surface area contributed by atoms with E-state index in [0.29, 0.717) is 6.42 Å². The third-order valence-electron chi connectivity index (χ3n) is 2.72. The van der Waals surface area contributed by atoms with E-state index in [0.717, 1.165) is 31.4 Å². The van der Waals surface area contributed by atoms with E-state index < -0.39 is 17.7 Å². The molecule has 0 bridgehead atoms. The molecule has 0 saturated carbocycles. The van der Waals surface area contributed by atoms with Crippen molar-refractivity contribution in [3.8, 4) is 0 Å². The van der Waals surface area contributed by atoms with Crippen molar-refractivity contribution in [2.45, 2.75) is 45.6 Å². The lowest BCUT2D eigenvalue weighted by atomic mass is 10.0. The molecule has 3 heteroatoms. The van der Waals surface area contributed by atoms with Crippen LogP contribution >= 0.6 is 0 Å². The van der Waals surface area contributed by atoms with Crippen LogP contribution in [-0.4, -0.2) is 5.11 Å². The zero-order valence-corrected chi connectivity index (χ0v) is 9.76. The van der Waals surface area contributed by atoms with Crippen LogP contribution in [0.1, 0.15) is 49.8 Å². The molecule has 16 heavy (non-hydrogen) atoms. The van der Waals surface area contributed by atoms with Crippen LogP contribution in [0.15, 0.2) is 12.1 Å². The quantitative estimate of drug-likeness (QED) is 0.758. The molecule has 0 aromatic heterocycles. The number of halogens is 2. The number of rotatable bonds is 5. The smallest absolute Gasteiger partial charge is 0.129 e. The minimum atomic E-state index is -0.901. The summed E-state index contributed by atoms with van der Waals surface area (Å²) in [5.74, 6) is -0.992. The van der Waals surface area contributed by atoms with Gasteiger partial charge >= 0.3 is 0 Å². The molecule has 0 aliphatic carbocycles. The van der Waals surface area contributed by atoms with E-state index in [-0.39, 0.29) is 11.1 Å². The van der Waals surface area contributed by atoms with Crippen molar-refractivity contribution < 1.29 is 13.9 Å². The molecule has 0 heterocycles. The van der Waals surface area contributed by atoms with Crippen molar-refractivity contribution >= 4 is 0 Å². The monoisotopic (exact) mass is 228 g/mol. The highest BCUT2D eigenvalue weighted by molar-refractivity contribution is 5.26. The van der Waals surface area contributed by atoms with Crippen LogP contribution in [-0.2, 0) is 0 Å². The molecular weight excluding hydrogens is 210 g/mol. The van der Waals surface area contributed by atoms with Crippen LogP contribution < -0.4 is 0 Å². The van der Waals surface area contributed by atoms with Gasteiger partial charge in [0.15, 0.2) is 0 Å². The van der Waals surface area contributed by atoms with E-state index in [2.05, 4.69) is 6.92 Å². The first kappa shape index (κ1) is 13.1. The predicted octanol–water partition coefficient (Wildman–Crippen LogP) is 3.89. The fraction of sp³-hybridized carbons (Fsp3) is 0.538. The number of aryl methyl sites for hydroxylation is 1. The summed E-state index contributed by atoms with van der Waals surface area (Å²) in [6.45, 7) is 3.56. The van der Waals surface area contributed by atoms with E-state index in [1.54, 1.807) is 0 Å². The van der Waals surface area contributed by atoms with Crippen LogP contribution in [0, 0.1) is 18.6 Å². The van der Waals surface area contributed by atoms with Crippen molar-refractivity contribution in [1.29, 1.82) is 0 Å². The maximum absolute atomic E-state index is 13.5. The van der Waals surface area contributed by atoms with Gasteiger partial charge in [-0.2, -0.15) is 0 Å². The first-order chi connectivity index (χ1) is 7.56. The average molecular weight is 228 g/mol. The zero-order valence-electron chi connectivity index (χ0n) is 9.76. The molecule has 0 aliphatic heterocycles. The number of aliphatic hydroxyl groups is 1. The summed E-state index contributed by atoms with van der Waals surface area (Å²) in [5, 5.41) is 9.74. The van der Waals surface area contributed by atoms with Crippen molar-refractivity contribution in [3.63, 3.8) is 0 Å². The Morgan fingerprint density at radius 2 is 1.88 bits per heavy atom. The van der Waals surface area contributed by atoms with Crippen molar-refractivity contribution in [2.75, 3.05) is 0 Å². The average Bonchev–Trinajstić information content (AvgIpc) is 2.23. The lowest BCUT2D eigenvalue weighted by molar-refractivity contribution is 0.158. The summed E-state index contributed by atoms with van der Waals surface area (Å²) < 4.78 is 26.7. The summed E-state index contributed by atoms with van der Waals surface area (Å²) in [7, 11) is 0. The Kier molecular flexibility index (Phi) is 4.87. The SMILES string of the molecule is CCCCCC(O)c1cc(F)c(C)cc1F. The summed E-state index contributed by atoms with van der Waals surface area (Å²) in [6, 6.07) is 2.23. The first-order valence-electron chi connectivity index (χ1n) is 5.69. The topological polar surface area (TPSA) is 20.2 Å². The van der Waals surface area contributed by atoms with Gasteiger partial charge in [0.1, 0.15) is 11.6 Å². The molecule has 1 nitrogen and oxygen atoms in total. The van der Waals surface area contributed by atoms with Crippen LogP contribution in [0.2, 0.25) is 0 Å². The highest BCUT2D eigenvalue weighted by Crippen LogP contribution is 2.24. The molecule has 0 saturated heterocycles. The Balaban J connectivity index is 2.75. The predicted molar refractivity (Wildman–Crippen MR) is 60.2 cm³/mol. The first-order valence-corrected chi connectivity index (χ1v) is 5.69. The minimum Gasteiger partial charge on any atom is -0.388 e. The Hall–Kier alpha value is -0.960. The van der Waals surface area contributed by atoms with Crippen LogP contribution in [0.25, 0.3) is 0 Å². The van der Waals surface area contributed by atoms with E-state index in [1.165, 1.54) is 6.92 Å². The molecule has 0 aliphatic rings. The fourth-order valence-corrected chi connectivity index (χ4v) is 1.66. The molecule has 0 radical (unpaired) electrons. The molecular formula is C13H18F2O. The number of hydrogen-bond acceptors (Lipinski definition) is 1. The molecule has 90 valence electrons. The zero-order chi connectivity index (χ0) is 12.1. The van der Waals surface area contributed by atoms with E-state index in [4.69, 9.17) is 0 Å². The molecule has 1 N–H and O–H groups in total. The summed E-state index contributed by atoms with van der Waals surface area (Å²) in [5.41, 5.74) is 0.334. The van der Waals surface area contributed by atoms with E-state index in [9.17, 15) is 13.9 Å². The largest absolute Gasteiger partial charge is 0.388 e. The third-order valence-corrected chi connectivity index (χ3v) is 2.72. The molecule has 1 unspecified atom stereocenters. The highest BCUT2D eigenvalue weighted by Gasteiger charge is 2.14. The number of benzene rings is 1. The van der Waals surface area contributed by atoms with Gasteiger partial charge in [0.25, 0.3) is 0 Å². The molecule has 1 aromatic rings. The molecule has 0 amide bonds. The van der Waals surface area contributed by atoms with Gasteiger partial charge in [0.05, 0.1) is 6.10 Å². The van der Waals surface area contributed by atoms with Crippen LogP contribution in [0.4, 0.5) is 8.78 Å². The second-order valence-corrected chi connectivity index (χ2v) is 4.13. The molecule has 1 rings (SSSR count). The Morgan fingerprint density at radius 1 is 1.19 bits per heavy atom. The molecule has 1 atom stereocenters. The van der Waals surface area contributed by atoms with Crippen molar-refractivity contribution in [3.05, 3.63) is 34.9 Å². The summed E-state index contributed by atoms with van der Waals surface area (Å²) >= 11 is 0. The second kappa shape index (κ2) is 5.94. The lowest BCUT2D eigenvalue weighted by Crippen LogP contribution is -2.02. The van der Waals surface area contributed by atoms with Gasteiger partial charge < -0.3 is 5.11 Å². The second-order valence-electron chi connectivity index (χ2n) is 4.13. The number of aliphatic hydroxyl groups excluding tert-OH is 1. The molecule has 0 spiro atoms. The van der Waals surface area contributed by atoms with Crippen molar-refractivity contribution in [2.24, 2.45) is 0 Å². The van der Waals surface area contributed by atoms with Gasteiger partial charge in [0, 0.05) is 5.56 Å². The van der Waals surface area contributed by atoms with Gasteiger partial charge in [-0.25, -0.2) is 8.78 Å². The third kappa shape index (κ3) is 3.27. The molecule has 0 fully saturated rings. The van der Waals surface area contributed by atoms with Gasteiger partial charge in [-0.1, -0.05) is 26.2 Å². The van der Waals surface area contributed by atoms with Gasteiger partial charge in [-0.05, 0) is 31.0 Å². The maximum Gasteiger partial charge on any atom is 0.129 e. The Labute approximate surface area is 95.1 Å². The highest BCUT2D eigenvalue weighted by atomic mass is 19.1.